The van der Waals surface area contributed by atoms with Crippen molar-refractivity contribution >= 4 is 27.5 Å². The standard InChI is InChI=1S/C24H27NO2S/c1-13(2)19(24(26)27)20-15(4)25-23-22(17-7-5-6-8-18(17)28-23)21(20)16-11-9-14(3)10-12-16/h9-13,19H,5-8H2,1-4H3,(H,26,27). The quantitative estimate of drug-likeness (QED) is 0.567. The van der Waals surface area contributed by atoms with E-state index in [1.807, 2.05) is 20.8 Å². The lowest BCUT2D eigenvalue weighted by atomic mass is 9.80. The second-order valence-electron chi connectivity index (χ2n) is 8.30. The molecular formula is C24H27NO2S. The number of nitrogens with zero attached hydrogens (tertiary/aromatic N) is 1. The van der Waals surface area contributed by atoms with Gasteiger partial charge < -0.3 is 5.11 Å². The Bertz CT molecular complexity index is 1050. The summed E-state index contributed by atoms with van der Waals surface area (Å²) < 4.78 is 0. The highest BCUT2D eigenvalue weighted by atomic mass is 32.1. The minimum atomic E-state index is -0.767. The van der Waals surface area contributed by atoms with Crippen LogP contribution in [-0.4, -0.2) is 16.1 Å². The van der Waals surface area contributed by atoms with E-state index in [-0.39, 0.29) is 5.92 Å². The van der Waals surface area contributed by atoms with Crippen molar-refractivity contribution in [3.8, 4) is 11.1 Å². The van der Waals surface area contributed by atoms with Gasteiger partial charge in [-0.2, -0.15) is 0 Å². The number of benzene rings is 1. The van der Waals surface area contributed by atoms with Gasteiger partial charge in [0.25, 0.3) is 0 Å². The highest BCUT2D eigenvalue weighted by Gasteiger charge is 2.32. The van der Waals surface area contributed by atoms with Crippen LogP contribution in [0, 0.1) is 19.8 Å². The van der Waals surface area contributed by atoms with Gasteiger partial charge >= 0.3 is 5.97 Å². The van der Waals surface area contributed by atoms with Gasteiger partial charge in [0.05, 0.1) is 5.92 Å². The van der Waals surface area contributed by atoms with Crippen molar-refractivity contribution in [2.24, 2.45) is 5.92 Å². The molecule has 1 N–H and O–H groups in total. The number of thiophene rings is 1. The fourth-order valence-corrected chi connectivity index (χ4v) is 5.88. The number of fused-ring (bicyclic) bond motifs is 3. The lowest BCUT2D eigenvalue weighted by Crippen LogP contribution is -2.20. The Morgan fingerprint density at radius 3 is 2.43 bits per heavy atom. The number of aryl methyl sites for hydroxylation is 4. The molecule has 3 nitrogen and oxygen atoms in total. The second kappa shape index (κ2) is 7.32. The van der Waals surface area contributed by atoms with E-state index in [4.69, 9.17) is 4.98 Å². The molecule has 4 heteroatoms. The van der Waals surface area contributed by atoms with E-state index in [0.29, 0.717) is 0 Å². The van der Waals surface area contributed by atoms with Gasteiger partial charge in [-0.15, -0.1) is 11.3 Å². The van der Waals surface area contributed by atoms with Crippen molar-refractivity contribution in [3.63, 3.8) is 0 Å². The normalized spacial score (nSPS) is 15.0. The number of aliphatic carboxylic acids is 1. The summed E-state index contributed by atoms with van der Waals surface area (Å²) in [6, 6.07) is 8.51. The van der Waals surface area contributed by atoms with E-state index in [0.717, 1.165) is 40.1 Å². The van der Waals surface area contributed by atoms with Crippen LogP contribution >= 0.6 is 11.3 Å². The average Bonchev–Trinajstić information content (AvgIpc) is 3.00. The molecule has 146 valence electrons. The van der Waals surface area contributed by atoms with E-state index >= 15 is 0 Å². The van der Waals surface area contributed by atoms with Crippen LogP contribution in [0.2, 0.25) is 0 Å². The van der Waals surface area contributed by atoms with Crippen molar-refractivity contribution in [1.29, 1.82) is 0 Å². The molecular weight excluding hydrogens is 366 g/mol. The van der Waals surface area contributed by atoms with E-state index in [2.05, 4.69) is 31.2 Å². The van der Waals surface area contributed by atoms with Crippen molar-refractivity contribution in [2.75, 3.05) is 0 Å². The van der Waals surface area contributed by atoms with Gasteiger partial charge in [0, 0.05) is 16.0 Å². The van der Waals surface area contributed by atoms with Crippen molar-refractivity contribution < 1.29 is 9.90 Å². The van der Waals surface area contributed by atoms with Crippen LogP contribution in [0.3, 0.4) is 0 Å². The molecule has 1 unspecified atom stereocenters. The molecule has 0 saturated heterocycles. The average molecular weight is 394 g/mol. The monoisotopic (exact) mass is 393 g/mol. The number of rotatable bonds is 4. The first-order valence-corrected chi connectivity index (χ1v) is 10.9. The van der Waals surface area contributed by atoms with Crippen molar-refractivity contribution in [1.82, 2.24) is 4.98 Å². The summed E-state index contributed by atoms with van der Waals surface area (Å²) in [5.74, 6) is -1.34. The smallest absolute Gasteiger partial charge is 0.311 e. The maximum Gasteiger partial charge on any atom is 0.311 e. The number of carboxylic acid groups (broad SMARTS) is 1. The number of hydrogen-bond acceptors (Lipinski definition) is 3. The minimum absolute atomic E-state index is 0.00545. The third-order valence-corrected chi connectivity index (χ3v) is 7.10. The van der Waals surface area contributed by atoms with E-state index < -0.39 is 11.9 Å². The third kappa shape index (κ3) is 3.14. The number of carbonyl (C=O) groups is 1. The summed E-state index contributed by atoms with van der Waals surface area (Å²) in [5.41, 5.74) is 6.56. The van der Waals surface area contributed by atoms with E-state index in [1.165, 1.54) is 34.2 Å². The molecule has 3 aromatic rings. The lowest BCUT2D eigenvalue weighted by Gasteiger charge is -2.24. The van der Waals surface area contributed by atoms with Gasteiger partial charge in [0.1, 0.15) is 4.83 Å². The Morgan fingerprint density at radius 1 is 1.11 bits per heavy atom. The number of carboxylic acids is 1. The van der Waals surface area contributed by atoms with Crippen LogP contribution in [0.25, 0.3) is 21.3 Å². The zero-order valence-corrected chi connectivity index (χ0v) is 17.8. The predicted octanol–water partition coefficient (Wildman–Crippen LogP) is 6.28. The summed E-state index contributed by atoms with van der Waals surface area (Å²) in [6.07, 6.45) is 4.61. The fourth-order valence-electron chi connectivity index (χ4n) is 4.56. The van der Waals surface area contributed by atoms with Crippen LogP contribution in [0.15, 0.2) is 24.3 Å². The van der Waals surface area contributed by atoms with Crippen LogP contribution in [-0.2, 0) is 17.6 Å². The van der Waals surface area contributed by atoms with Gasteiger partial charge in [-0.3, -0.25) is 4.79 Å². The highest BCUT2D eigenvalue weighted by Crippen LogP contribution is 2.46. The largest absolute Gasteiger partial charge is 0.481 e. The van der Waals surface area contributed by atoms with Gasteiger partial charge in [0.15, 0.2) is 0 Å². The Balaban J connectivity index is 2.13. The van der Waals surface area contributed by atoms with Gasteiger partial charge in [0.2, 0.25) is 0 Å². The lowest BCUT2D eigenvalue weighted by molar-refractivity contribution is -0.139. The summed E-state index contributed by atoms with van der Waals surface area (Å²) in [4.78, 5) is 19.7. The SMILES string of the molecule is Cc1ccc(-c2c(C(C(=O)O)C(C)C)c(C)nc3sc4c(c23)CCCC4)cc1. The Hall–Kier alpha value is -2.20. The van der Waals surface area contributed by atoms with Crippen LogP contribution in [0.1, 0.15) is 59.9 Å². The molecule has 28 heavy (non-hydrogen) atoms. The maximum absolute atomic E-state index is 12.3. The summed E-state index contributed by atoms with van der Waals surface area (Å²) in [5, 5.41) is 11.3. The van der Waals surface area contributed by atoms with Gasteiger partial charge in [-0.1, -0.05) is 43.7 Å². The van der Waals surface area contributed by atoms with Crippen LogP contribution in [0.4, 0.5) is 0 Å². The molecule has 0 fully saturated rings. The second-order valence-corrected chi connectivity index (χ2v) is 9.39. The molecule has 1 aliphatic rings. The topological polar surface area (TPSA) is 50.2 Å². The first-order valence-electron chi connectivity index (χ1n) is 10.1. The molecule has 2 heterocycles. The molecule has 2 aromatic heterocycles. The summed E-state index contributed by atoms with van der Waals surface area (Å²) >= 11 is 1.80. The molecule has 0 amide bonds. The summed E-state index contributed by atoms with van der Waals surface area (Å²) in [6.45, 7) is 8.04. The van der Waals surface area contributed by atoms with E-state index in [9.17, 15) is 9.90 Å². The minimum Gasteiger partial charge on any atom is -0.481 e. The van der Waals surface area contributed by atoms with Gasteiger partial charge in [-0.05, 0) is 67.7 Å². The molecule has 0 spiro atoms. The zero-order chi connectivity index (χ0) is 20.0. The zero-order valence-electron chi connectivity index (χ0n) is 17.0. The molecule has 1 aromatic carbocycles. The number of aromatic nitrogens is 1. The van der Waals surface area contributed by atoms with Gasteiger partial charge in [-0.25, -0.2) is 4.98 Å². The molecule has 4 rings (SSSR count). The Labute approximate surface area is 170 Å². The molecule has 0 radical (unpaired) electrons. The first-order chi connectivity index (χ1) is 13.4. The molecule has 0 aliphatic heterocycles. The molecule has 0 bridgehead atoms. The van der Waals surface area contributed by atoms with Crippen molar-refractivity contribution in [2.45, 2.75) is 59.3 Å². The Kier molecular flexibility index (Phi) is 5.00. The molecule has 1 aliphatic carbocycles. The fraction of sp³-hybridized carbons (Fsp3) is 0.417. The van der Waals surface area contributed by atoms with Crippen LogP contribution < -0.4 is 0 Å². The number of hydrogen-bond donors (Lipinski definition) is 1. The molecule has 1 atom stereocenters. The maximum atomic E-state index is 12.3. The third-order valence-electron chi connectivity index (χ3n) is 5.92. The van der Waals surface area contributed by atoms with Crippen LogP contribution in [0.5, 0.6) is 0 Å². The highest BCUT2D eigenvalue weighted by molar-refractivity contribution is 7.19. The Morgan fingerprint density at radius 2 is 1.79 bits per heavy atom. The molecule has 0 saturated carbocycles. The van der Waals surface area contributed by atoms with Crippen molar-refractivity contribution in [3.05, 3.63) is 51.5 Å². The first kappa shape index (κ1) is 19.1. The summed E-state index contributed by atoms with van der Waals surface area (Å²) in [7, 11) is 0. The van der Waals surface area contributed by atoms with E-state index in [1.54, 1.807) is 11.3 Å². The number of pyridine rings is 1. The predicted molar refractivity (Wildman–Crippen MR) is 116 cm³/mol.